The van der Waals surface area contributed by atoms with Gasteiger partial charge in [0.1, 0.15) is 0 Å². The van der Waals surface area contributed by atoms with Crippen LogP contribution in [0.25, 0.3) is 22.3 Å². The summed E-state index contributed by atoms with van der Waals surface area (Å²) in [4.78, 5) is 0. The van der Waals surface area contributed by atoms with Crippen LogP contribution in [-0.4, -0.2) is 11.0 Å². The summed E-state index contributed by atoms with van der Waals surface area (Å²) in [6.45, 7) is 0. The average Bonchev–Trinajstić information content (AvgIpc) is 3.32. The molecule has 0 spiro atoms. The molecule has 0 saturated heterocycles. The summed E-state index contributed by atoms with van der Waals surface area (Å²) in [5.41, 5.74) is 11.0. The fourth-order valence-corrected chi connectivity index (χ4v) is 4.00. The van der Waals surface area contributed by atoms with Gasteiger partial charge in [-0.3, -0.25) is 0 Å². The predicted molar refractivity (Wildman–Crippen MR) is 125 cm³/mol. The van der Waals surface area contributed by atoms with Gasteiger partial charge < -0.3 is 24.8 Å². The van der Waals surface area contributed by atoms with Gasteiger partial charge in [0.2, 0.25) is 0 Å². The molecule has 0 atom stereocenters. The zero-order valence-corrected chi connectivity index (χ0v) is 23.4. The van der Waals surface area contributed by atoms with Crippen molar-refractivity contribution < 1.29 is 42.4 Å². The maximum Gasteiger partial charge on any atom is -0.0253 e. The number of halogens is 2. The minimum atomic E-state index is -0.333. The first-order valence-corrected chi connectivity index (χ1v) is 19.6. The van der Waals surface area contributed by atoms with Gasteiger partial charge in [0.05, 0.1) is 0 Å². The molecule has 0 aliphatic heterocycles. The summed E-state index contributed by atoms with van der Waals surface area (Å²) < 4.78 is 0. The average molecular weight is 552 g/mol. The van der Waals surface area contributed by atoms with Crippen molar-refractivity contribution in [2.24, 2.45) is 0 Å². The molecule has 0 aromatic heterocycles. The molecule has 4 aromatic carbocycles. The Bertz CT molecular complexity index is 1020. The van der Waals surface area contributed by atoms with E-state index in [0.29, 0.717) is 0 Å². The van der Waals surface area contributed by atoms with Crippen LogP contribution in [0, 0.1) is 12.1 Å². The Balaban J connectivity index is 0.000000185. The van der Waals surface area contributed by atoms with Gasteiger partial charge in [0.25, 0.3) is 0 Å². The fraction of sp³-hybridized carbons (Fsp3) is 0.143. The molecule has 4 heteroatoms. The molecule has 0 saturated carbocycles. The molecule has 4 aromatic rings. The Morgan fingerprint density at radius 2 is 0.938 bits per heavy atom. The summed E-state index contributed by atoms with van der Waals surface area (Å²) >= 11 is 2.33. The molecule has 0 nitrogen and oxygen atoms in total. The van der Waals surface area contributed by atoms with Crippen molar-refractivity contribution in [3.8, 4) is 22.3 Å². The van der Waals surface area contributed by atoms with Gasteiger partial charge in [0.15, 0.2) is 0 Å². The number of hydrogen-bond donors (Lipinski definition) is 0. The smallest absolute Gasteiger partial charge is 0.0253 e. The number of hydrogen-bond acceptors (Lipinski definition) is 0. The molecular weight excluding hydrogens is 528 g/mol. The normalized spacial score (nSPS) is 10.9. The van der Waals surface area contributed by atoms with Gasteiger partial charge in [-0.05, 0) is 12.8 Å². The van der Waals surface area contributed by atoms with E-state index in [-0.39, 0.29) is 35.8 Å². The Morgan fingerprint density at radius 3 is 1.34 bits per heavy atom. The molecule has 160 valence electrons. The molecule has 2 aliphatic rings. The Labute approximate surface area is 217 Å². The molecule has 0 heterocycles. The van der Waals surface area contributed by atoms with Gasteiger partial charge in [-0.2, -0.15) is 59.7 Å². The first-order valence-electron chi connectivity index (χ1n) is 10.3. The quantitative estimate of drug-likeness (QED) is 0.195. The van der Waals surface area contributed by atoms with Gasteiger partial charge in [-0.1, -0.05) is 70.8 Å². The van der Waals surface area contributed by atoms with Crippen LogP contribution < -0.4 is 24.8 Å². The molecule has 0 N–H and O–H groups in total. The minimum absolute atomic E-state index is 0. The second-order valence-corrected chi connectivity index (χ2v) is 20.1. The largest absolute Gasteiger partial charge is 1.00 e. The van der Waals surface area contributed by atoms with Crippen LogP contribution in [0.15, 0.2) is 84.9 Å². The van der Waals surface area contributed by atoms with Crippen LogP contribution >= 0.6 is 0 Å². The molecule has 0 bridgehead atoms. The van der Waals surface area contributed by atoms with Crippen molar-refractivity contribution in [1.29, 1.82) is 0 Å². The second kappa shape index (κ2) is 12.8. The summed E-state index contributed by atoms with van der Waals surface area (Å²) in [7, 11) is -0.333. The van der Waals surface area contributed by atoms with Crippen molar-refractivity contribution in [3.63, 3.8) is 0 Å². The number of rotatable bonds is 0. The molecular formula is C28H24Cl2GeTi-2. The van der Waals surface area contributed by atoms with Crippen molar-refractivity contribution >= 4 is 11.0 Å². The van der Waals surface area contributed by atoms with E-state index in [1.54, 1.807) is 0 Å². The monoisotopic (exact) mass is 552 g/mol. The van der Waals surface area contributed by atoms with Crippen LogP contribution in [-0.2, 0) is 30.5 Å². The van der Waals surface area contributed by atoms with E-state index in [1.807, 2.05) is 12.1 Å². The second-order valence-electron chi connectivity index (χ2n) is 7.79. The molecule has 32 heavy (non-hydrogen) atoms. The summed E-state index contributed by atoms with van der Waals surface area (Å²) in [6.07, 6.45) is 2.10. The van der Waals surface area contributed by atoms with Gasteiger partial charge in [-0.15, -0.1) is 11.1 Å². The molecule has 2 aliphatic carbocycles. The Morgan fingerprint density at radius 1 is 0.594 bits per heavy atom. The van der Waals surface area contributed by atoms with E-state index in [0.717, 1.165) is 12.8 Å². The zero-order chi connectivity index (χ0) is 20.9. The van der Waals surface area contributed by atoms with E-state index in [9.17, 15) is 0 Å². The van der Waals surface area contributed by atoms with Crippen LogP contribution in [0.3, 0.4) is 0 Å². The number of fused-ring (bicyclic) bond motifs is 6. The van der Waals surface area contributed by atoms with Gasteiger partial charge in [-0.25, -0.2) is 0 Å². The fourth-order valence-electron chi connectivity index (χ4n) is 4.00. The SMILES string of the molecule is [CH3][Ge]([CH3])=[Ti+2].[Cl-].[Cl-].[c-]1cccc2c1Cc1ccccc1-2.[c-]1cccc2c1Cc1ccccc1-2. The zero-order valence-electron chi connectivity index (χ0n) is 18.3. The van der Waals surface area contributed by atoms with Crippen LogP contribution in [0.5, 0.6) is 0 Å². The third kappa shape index (κ3) is 6.40. The predicted octanol–water partition coefficient (Wildman–Crippen LogP) is 0.908. The third-order valence-corrected chi connectivity index (χ3v) is 5.23. The van der Waals surface area contributed by atoms with Gasteiger partial charge in [0, 0.05) is 0 Å². The maximum atomic E-state index is 3.30. The molecule has 0 fully saturated rings. The van der Waals surface area contributed by atoms with E-state index in [1.165, 1.54) is 44.5 Å². The van der Waals surface area contributed by atoms with Crippen LogP contribution in [0.1, 0.15) is 22.3 Å². The van der Waals surface area contributed by atoms with Crippen molar-refractivity contribution in [2.75, 3.05) is 0 Å². The molecule has 0 amide bonds. The standard InChI is InChI=1S/2C13H9.C2H6Ge.2ClH.Ti/c2*1-3-7-12-10(5-1)9-11-6-2-4-8-13(11)12;1-3-2;;;/h2*1-5,7-8H,9H2;1-2H3;2*1H;/q2*-1;;;;+2/p-2. The summed E-state index contributed by atoms with van der Waals surface area (Å²) in [5, 5.41) is 0. The first-order chi connectivity index (χ1) is 14.6. The van der Waals surface area contributed by atoms with Crippen LogP contribution in [0.2, 0.25) is 11.5 Å². The minimum Gasteiger partial charge on any atom is -1.00 e. The number of benzene rings is 4. The topological polar surface area (TPSA) is 0 Å². The van der Waals surface area contributed by atoms with Crippen molar-refractivity contribution in [3.05, 3.63) is 119 Å². The molecule has 6 rings (SSSR count). The summed E-state index contributed by atoms with van der Waals surface area (Å²) in [6, 6.07) is 36.2. The van der Waals surface area contributed by atoms with E-state index in [4.69, 9.17) is 0 Å². The van der Waals surface area contributed by atoms with E-state index < -0.39 is 0 Å². The molecule has 0 radical (unpaired) electrons. The van der Waals surface area contributed by atoms with E-state index >= 15 is 0 Å². The Kier molecular flexibility index (Phi) is 10.8. The first kappa shape index (κ1) is 27.0. The van der Waals surface area contributed by atoms with Crippen molar-refractivity contribution in [1.82, 2.24) is 0 Å². The third-order valence-electron chi connectivity index (χ3n) is 5.23. The van der Waals surface area contributed by atoms with Gasteiger partial charge >= 0.3 is 40.1 Å². The van der Waals surface area contributed by atoms with Crippen LogP contribution in [0.4, 0.5) is 0 Å². The van der Waals surface area contributed by atoms with E-state index in [2.05, 4.69) is 114 Å². The Hall–Kier alpha value is -1.28. The molecule has 0 unspecified atom stereocenters. The maximum absolute atomic E-state index is 3.30. The summed E-state index contributed by atoms with van der Waals surface area (Å²) in [5.74, 6) is 4.67. The van der Waals surface area contributed by atoms with Crippen molar-refractivity contribution in [2.45, 2.75) is 24.4 Å².